The highest BCUT2D eigenvalue weighted by Crippen LogP contribution is 2.18. The average Bonchev–Trinajstić information content (AvgIpc) is 2.71. The van der Waals surface area contributed by atoms with E-state index in [1.807, 2.05) is 13.8 Å². The molecule has 1 aromatic heterocycles. The molecule has 0 aliphatic carbocycles. The van der Waals surface area contributed by atoms with Gasteiger partial charge in [0.05, 0.1) is 17.5 Å². The van der Waals surface area contributed by atoms with Gasteiger partial charge in [-0.05, 0) is 12.8 Å². The maximum absolute atomic E-state index is 11.6. The van der Waals surface area contributed by atoms with E-state index >= 15 is 0 Å². The van der Waals surface area contributed by atoms with E-state index in [1.165, 1.54) is 0 Å². The van der Waals surface area contributed by atoms with Crippen molar-refractivity contribution in [1.82, 2.24) is 15.1 Å². The molecule has 0 aliphatic rings. The van der Waals surface area contributed by atoms with Gasteiger partial charge < -0.3 is 15.7 Å². The Bertz CT molecular complexity index is 401. The van der Waals surface area contributed by atoms with Gasteiger partial charge in [0, 0.05) is 19.8 Å². The summed E-state index contributed by atoms with van der Waals surface area (Å²) in [4.78, 5) is 11.6. The Morgan fingerprint density at radius 3 is 2.83 bits per heavy atom. The molecule has 0 bridgehead atoms. The Hall–Kier alpha value is -1.56. The third kappa shape index (κ3) is 4.03. The number of aryl methyl sites for hydroxylation is 1. The number of hydrogen-bond acceptors (Lipinski definition) is 3. The summed E-state index contributed by atoms with van der Waals surface area (Å²) in [6, 6.07) is -0.341. The molecular formula is C12H22N4O2. The average molecular weight is 254 g/mol. The molecule has 1 rings (SSSR count). The van der Waals surface area contributed by atoms with Crippen LogP contribution in [0.1, 0.15) is 27.2 Å². The molecule has 6 nitrogen and oxygen atoms in total. The van der Waals surface area contributed by atoms with Crippen molar-refractivity contribution >= 4 is 11.7 Å². The van der Waals surface area contributed by atoms with Gasteiger partial charge in [-0.25, -0.2) is 4.79 Å². The van der Waals surface area contributed by atoms with Crippen molar-refractivity contribution in [3.63, 3.8) is 0 Å². The molecule has 0 saturated heterocycles. The van der Waals surface area contributed by atoms with Crippen molar-refractivity contribution in [2.24, 2.45) is 13.0 Å². The summed E-state index contributed by atoms with van der Waals surface area (Å²) in [5.41, 5.74) is -0.278. The standard InChI is InChI=1S/C12H22N4O2/c1-5-9(2)12(3,18)8-13-11(17)15-10-6-14-16(4)7-10/h6-7,9,18H,5,8H2,1-4H3,(H2,13,15,17). The minimum Gasteiger partial charge on any atom is -0.388 e. The Kier molecular flexibility index (Phi) is 4.72. The Labute approximate surface area is 107 Å². The van der Waals surface area contributed by atoms with Crippen LogP contribution in [0, 0.1) is 5.92 Å². The van der Waals surface area contributed by atoms with Crippen molar-refractivity contribution in [2.75, 3.05) is 11.9 Å². The lowest BCUT2D eigenvalue weighted by Crippen LogP contribution is -2.46. The van der Waals surface area contributed by atoms with Crippen molar-refractivity contribution < 1.29 is 9.90 Å². The first-order valence-corrected chi connectivity index (χ1v) is 6.11. The van der Waals surface area contributed by atoms with Crippen LogP contribution >= 0.6 is 0 Å². The van der Waals surface area contributed by atoms with Crippen LogP contribution in [0.25, 0.3) is 0 Å². The zero-order valence-electron chi connectivity index (χ0n) is 11.4. The molecule has 2 atom stereocenters. The lowest BCUT2D eigenvalue weighted by molar-refractivity contribution is 0.00827. The monoisotopic (exact) mass is 254 g/mol. The summed E-state index contributed by atoms with van der Waals surface area (Å²) in [5, 5.41) is 19.4. The fraction of sp³-hybridized carbons (Fsp3) is 0.667. The molecule has 2 unspecified atom stereocenters. The van der Waals surface area contributed by atoms with E-state index in [4.69, 9.17) is 0 Å². The molecule has 0 fully saturated rings. The van der Waals surface area contributed by atoms with Crippen molar-refractivity contribution in [3.8, 4) is 0 Å². The molecule has 1 aromatic rings. The third-order valence-corrected chi connectivity index (χ3v) is 3.24. The molecule has 18 heavy (non-hydrogen) atoms. The first-order chi connectivity index (χ1) is 8.35. The largest absolute Gasteiger partial charge is 0.388 e. The molecule has 0 radical (unpaired) electrons. The zero-order chi connectivity index (χ0) is 13.8. The first-order valence-electron chi connectivity index (χ1n) is 6.11. The number of aliphatic hydroxyl groups is 1. The zero-order valence-corrected chi connectivity index (χ0v) is 11.4. The van der Waals surface area contributed by atoms with Gasteiger partial charge in [0.15, 0.2) is 0 Å². The highest BCUT2D eigenvalue weighted by atomic mass is 16.3. The minimum absolute atomic E-state index is 0.121. The second-order valence-electron chi connectivity index (χ2n) is 4.88. The van der Waals surface area contributed by atoms with E-state index in [0.29, 0.717) is 5.69 Å². The van der Waals surface area contributed by atoms with Gasteiger partial charge in [-0.1, -0.05) is 20.3 Å². The second-order valence-corrected chi connectivity index (χ2v) is 4.88. The second kappa shape index (κ2) is 5.86. The predicted octanol–water partition coefficient (Wildman–Crippen LogP) is 1.34. The molecule has 1 heterocycles. The highest BCUT2D eigenvalue weighted by Gasteiger charge is 2.27. The van der Waals surface area contributed by atoms with Crippen LogP contribution < -0.4 is 10.6 Å². The molecule has 3 N–H and O–H groups in total. The maximum Gasteiger partial charge on any atom is 0.319 e. The van der Waals surface area contributed by atoms with Crippen LogP contribution in [0.3, 0.4) is 0 Å². The van der Waals surface area contributed by atoms with Gasteiger partial charge in [0.2, 0.25) is 0 Å². The molecule has 6 heteroatoms. The van der Waals surface area contributed by atoms with Crippen LogP contribution in [0.5, 0.6) is 0 Å². The maximum atomic E-state index is 11.6. The van der Waals surface area contributed by atoms with E-state index < -0.39 is 5.60 Å². The fourth-order valence-corrected chi connectivity index (χ4v) is 1.53. The van der Waals surface area contributed by atoms with Gasteiger partial charge in [0.25, 0.3) is 0 Å². The smallest absolute Gasteiger partial charge is 0.319 e. The van der Waals surface area contributed by atoms with E-state index in [0.717, 1.165) is 6.42 Å². The summed E-state index contributed by atoms with van der Waals surface area (Å²) >= 11 is 0. The Morgan fingerprint density at radius 1 is 1.67 bits per heavy atom. The van der Waals surface area contributed by atoms with Crippen LogP contribution in [0.4, 0.5) is 10.5 Å². The summed E-state index contributed by atoms with van der Waals surface area (Å²) < 4.78 is 1.60. The molecule has 0 aromatic carbocycles. The SMILES string of the molecule is CCC(C)C(C)(O)CNC(=O)Nc1cnn(C)c1. The van der Waals surface area contributed by atoms with Gasteiger partial charge in [0.1, 0.15) is 0 Å². The van der Waals surface area contributed by atoms with E-state index in [2.05, 4.69) is 15.7 Å². The Balaban J connectivity index is 2.42. The normalized spacial score (nSPS) is 15.8. The summed E-state index contributed by atoms with van der Waals surface area (Å²) in [7, 11) is 1.77. The lowest BCUT2D eigenvalue weighted by Gasteiger charge is -2.29. The Morgan fingerprint density at radius 2 is 2.33 bits per heavy atom. The molecule has 102 valence electrons. The quantitative estimate of drug-likeness (QED) is 0.742. The number of carbonyl (C=O) groups excluding carboxylic acids is 1. The number of nitrogens with zero attached hydrogens (tertiary/aromatic N) is 2. The lowest BCUT2D eigenvalue weighted by atomic mass is 9.89. The molecule has 2 amide bonds. The molecule has 0 saturated carbocycles. The summed E-state index contributed by atoms with van der Waals surface area (Å²) in [6.07, 6.45) is 4.12. The number of amides is 2. The van der Waals surface area contributed by atoms with Crippen LogP contribution in [-0.2, 0) is 7.05 Å². The van der Waals surface area contributed by atoms with Crippen molar-refractivity contribution in [2.45, 2.75) is 32.8 Å². The predicted molar refractivity (Wildman–Crippen MR) is 70.3 cm³/mol. The number of rotatable bonds is 5. The number of nitrogens with one attached hydrogen (secondary N) is 2. The van der Waals surface area contributed by atoms with Crippen molar-refractivity contribution in [1.29, 1.82) is 0 Å². The van der Waals surface area contributed by atoms with Crippen LogP contribution in [0.15, 0.2) is 12.4 Å². The number of hydrogen-bond donors (Lipinski definition) is 3. The minimum atomic E-state index is -0.902. The van der Waals surface area contributed by atoms with Gasteiger partial charge in [-0.3, -0.25) is 4.68 Å². The number of aromatic nitrogens is 2. The van der Waals surface area contributed by atoms with E-state index in [1.54, 1.807) is 31.0 Å². The summed E-state index contributed by atoms with van der Waals surface area (Å²) in [5.74, 6) is 0.121. The van der Waals surface area contributed by atoms with E-state index in [-0.39, 0.29) is 18.5 Å². The van der Waals surface area contributed by atoms with E-state index in [9.17, 15) is 9.90 Å². The molecule has 0 spiro atoms. The third-order valence-electron chi connectivity index (χ3n) is 3.24. The van der Waals surface area contributed by atoms with Gasteiger partial charge in [-0.15, -0.1) is 0 Å². The van der Waals surface area contributed by atoms with Crippen LogP contribution in [0.2, 0.25) is 0 Å². The molecule has 0 aliphatic heterocycles. The van der Waals surface area contributed by atoms with Crippen LogP contribution in [-0.4, -0.2) is 33.1 Å². The van der Waals surface area contributed by atoms with Gasteiger partial charge >= 0.3 is 6.03 Å². The summed E-state index contributed by atoms with van der Waals surface area (Å²) in [6.45, 7) is 5.91. The van der Waals surface area contributed by atoms with Crippen molar-refractivity contribution in [3.05, 3.63) is 12.4 Å². The number of urea groups is 1. The molecular weight excluding hydrogens is 232 g/mol. The topological polar surface area (TPSA) is 79.2 Å². The first kappa shape index (κ1) is 14.5. The number of anilines is 1. The highest BCUT2D eigenvalue weighted by molar-refractivity contribution is 5.88. The van der Waals surface area contributed by atoms with Gasteiger partial charge in [-0.2, -0.15) is 5.10 Å². The fourth-order valence-electron chi connectivity index (χ4n) is 1.53. The number of carbonyl (C=O) groups is 1.